The molecule has 1 aliphatic rings. The molecule has 2 nitrogen and oxygen atoms in total. The summed E-state index contributed by atoms with van der Waals surface area (Å²) in [7, 11) is 0. The first-order chi connectivity index (χ1) is 9.56. The van der Waals surface area contributed by atoms with Crippen LogP contribution in [0.25, 0.3) is 0 Å². The van der Waals surface area contributed by atoms with Crippen molar-refractivity contribution in [3.63, 3.8) is 0 Å². The molecule has 2 atom stereocenters. The van der Waals surface area contributed by atoms with Gasteiger partial charge in [0.15, 0.2) is 0 Å². The van der Waals surface area contributed by atoms with Crippen LogP contribution in [0.5, 0.6) is 0 Å². The van der Waals surface area contributed by atoms with Gasteiger partial charge in [-0.3, -0.25) is 0 Å². The van der Waals surface area contributed by atoms with Crippen molar-refractivity contribution in [1.29, 1.82) is 5.26 Å². The maximum atomic E-state index is 9.69. The molecular formula is C17H23ClN2. The zero-order valence-corrected chi connectivity index (χ0v) is 13.1. The lowest BCUT2D eigenvalue weighted by atomic mass is 9.87. The Morgan fingerprint density at radius 1 is 1.30 bits per heavy atom. The summed E-state index contributed by atoms with van der Waals surface area (Å²) in [6, 6.07) is 10.2. The highest BCUT2D eigenvalue weighted by atomic mass is 35.5. The number of rotatable bonds is 3. The van der Waals surface area contributed by atoms with Gasteiger partial charge in [-0.1, -0.05) is 44.0 Å². The van der Waals surface area contributed by atoms with Gasteiger partial charge in [0.05, 0.1) is 16.8 Å². The fourth-order valence-electron chi connectivity index (χ4n) is 3.12. The lowest BCUT2D eigenvalue weighted by Crippen LogP contribution is -2.36. The van der Waals surface area contributed by atoms with E-state index in [0.717, 1.165) is 37.3 Å². The van der Waals surface area contributed by atoms with E-state index >= 15 is 0 Å². The molecule has 1 aliphatic carbocycles. The van der Waals surface area contributed by atoms with Gasteiger partial charge < -0.3 is 5.32 Å². The Bertz CT molecular complexity index is 492. The summed E-state index contributed by atoms with van der Waals surface area (Å²) in [6.45, 7) is 4.57. The molecule has 0 saturated heterocycles. The largest absolute Gasteiger partial charge is 0.366 e. The highest BCUT2D eigenvalue weighted by Crippen LogP contribution is 2.36. The van der Waals surface area contributed by atoms with E-state index in [-0.39, 0.29) is 0 Å². The zero-order valence-electron chi connectivity index (χ0n) is 12.3. The van der Waals surface area contributed by atoms with Crippen molar-refractivity contribution in [3.8, 4) is 6.07 Å². The van der Waals surface area contributed by atoms with Gasteiger partial charge in [-0.15, -0.1) is 0 Å². The van der Waals surface area contributed by atoms with Crippen LogP contribution in [-0.2, 0) is 0 Å². The molecule has 0 amide bonds. The first kappa shape index (κ1) is 15.2. The van der Waals surface area contributed by atoms with Crippen molar-refractivity contribution < 1.29 is 0 Å². The number of hydrogen-bond donors (Lipinski definition) is 1. The maximum Gasteiger partial charge on any atom is 0.125 e. The molecule has 0 radical (unpaired) electrons. The minimum absolute atomic E-state index is 0.464. The summed E-state index contributed by atoms with van der Waals surface area (Å²) < 4.78 is 0. The fraction of sp³-hybridized carbons (Fsp3) is 0.588. The predicted octanol–water partition coefficient (Wildman–Crippen LogP) is 5.25. The number of nitriles is 1. The standard InChI is InChI=1S/C17H23ClN2/c1-13(2)14-6-5-10-17(12-19,11-9-14)20-16-8-4-3-7-15(16)18/h3-4,7-8,13-14,20H,5-6,9-11H2,1-2H3. The van der Waals surface area contributed by atoms with Crippen LogP contribution in [0.3, 0.4) is 0 Å². The van der Waals surface area contributed by atoms with Crippen molar-refractivity contribution >= 4 is 17.3 Å². The molecule has 20 heavy (non-hydrogen) atoms. The Labute approximate surface area is 127 Å². The van der Waals surface area contributed by atoms with Crippen LogP contribution >= 0.6 is 11.6 Å². The number of nitrogens with one attached hydrogen (secondary N) is 1. The highest BCUT2D eigenvalue weighted by molar-refractivity contribution is 6.33. The van der Waals surface area contributed by atoms with Gasteiger partial charge in [-0.25, -0.2) is 0 Å². The van der Waals surface area contributed by atoms with E-state index in [1.54, 1.807) is 0 Å². The van der Waals surface area contributed by atoms with Gasteiger partial charge in [0.2, 0.25) is 0 Å². The monoisotopic (exact) mass is 290 g/mol. The number of nitrogens with zero attached hydrogens (tertiary/aromatic N) is 1. The van der Waals surface area contributed by atoms with Crippen molar-refractivity contribution in [1.82, 2.24) is 0 Å². The Morgan fingerprint density at radius 3 is 2.70 bits per heavy atom. The molecule has 1 saturated carbocycles. The Kier molecular flexibility index (Phi) is 4.94. The molecule has 2 unspecified atom stereocenters. The van der Waals surface area contributed by atoms with E-state index in [1.807, 2.05) is 24.3 Å². The van der Waals surface area contributed by atoms with E-state index < -0.39 is 5.54 Å². The van der Waals surface area contributed by atoms with Gasteiger partial charge >= 0.3 is 0 Å². The second-order valence-corrected chi connectivity index (χ2v) is 6.64. The van der Waals surface area contributed by atoms with Gasteiger partial charge in [0, 0.05) is 0 Å². The molecule has 2 rings (SSSR count). The molecule has 0 heterocycles. The number of anilines is 1. The number of para-hydroxylation sites is 1. The second kappa shape index (κ2) is 6.50. The highest BCUT2D eigenvalue weighted by Gasteiger charge is 2.34. The van der Waals surface area contributed by atoms with Crippen LogP contribution in [0.1, 0.15) is 46.0 Å². The third-order valence-electron chi connectivity index (χ3n) is 4.53. The molecule has 1 aromatic carbocycles. The second-order valence-electron chi connectivity index (χ2n) is 6.23. The van der Waals surface area contributed by atoms with Crippen LogP contribution in [0, 0.1) is 23.2 Å². The molecule has 108 valence electrons. The molecular weight excluding hydrogens is 268 g/mol. The summed E-state index contributed by atoms with van der Waals surface area (Å²) in [5.74, 6) is 1.43. The zero-order chi connectivity index (χ0) is 14.6. The summed E-state index contributed by atoms with van der Waals surface area (Å²) in [5.41, 5.74) is 0.410. The first-order valence-electron chi connectivity index (χ1n) is 7.50. The van der Waals surface area contributed by atoms with Gasteiger partial charge in [-0.2, -0.15) is 5.26 Å². The van der Waals surface area contributed by atoms with Crippen LogP contribution in [0.4, 0.5) is 5.69 Å². The third-order valence-corrected chi connectivity index (χ3v) is 4.85. The van der Waals surface area contributed by atoms with Crippen molar-refractivity contribution in [2.45, 2.75) is 51.5 Å². The Hall–Kier alpha value is -1.20. The maximum absolute atomic E-state index is 9.69. The van der Waals surface area contributed by atoms with E-state index in [2.05, 4.69) is 25.2 Å². The molecule has 3 heteroatoms. The quantitative estimate of drug-likeness (QED) is 0.772. The molecule has 0 spiro atoms. The molecule has 0 aromatic heterocycles. The normalized spacial score (nSPS) is 26.9. The lowest BCUT2D eigenvalue weighted by molar-refractivity contribution is 0.339. The average Bonchev–Trinajstić information content (AvgIpc) is 2.65. The van der Waals surface area contributed by atoms with Crippen LogP contribution in [0.15, 0.2) is 24.3 Å². The minimum atomic E-state index is -0.464. The van der Waals surface area contributed by atoms with Crippen molar-refractivity contribution in [3.05, 3.63) is 29.3 Å². The lowest BCUT2D eigenvalue weighted by Gasteiger charge is -2.28. The topological polar surface area (TPSA) is 35.8 Å². The fourth-order valence-corrected chi connectivity index (χ4v) is 3.30. The Balaban J connectivity index is 2.14. The number of halogens is 1. The van der Waals surface area contributed by atoms with Gasteiger partial charge in [-0.05, 0) is 49.7 Å². The van der Waals surface area contributed by atoms with E-state index in [1.165, 1.54) is 6.42 Å². The van der Waals surface area contributed by atoms with E-state index in [4.69, 9.17) is 11.6 Å². The average molecular weight is 291 g/mol. The molecule has 1 aromatic rings. The molecule has 1 N–H and O–H groups in total. The SMILES string of the molecule is CC(C)C1CCCC(C#N)(Nc2ccccc2Cl)CC1. The smallest absolute Gasteiger partial charge is 0.125 e. The summed E-state index contributed by atoms with van der Waals surface area (Å²) in [6.07, 6.45) is 5.25. The van der Waals surface area contributed by atoms with Crippen LogP contribution in [-0.4, -0.2) is 5.54 Å². The first-order valence-corrected chi connectivity index (χ1v) is 7.88. The predicted molar refractivity (Wildman–Crippen MR) is 84.8 cm³/mol. The summed E-state index contributed by atoms with van der Waals surface area (Å²) in [4.78, 5) is 0. The molecule has 1 fully saturated rings. The minimum Gasteiger partial charge on any atom is -0.366 e. The summed E-state index contributed by atoms with van der Waals surface area (Å²) >= 11 is 6.21. The van der Waals surface area contributed by atoms with E-state index in [9.17, 15) is 5.26 Å². The van der Waals surface area contributed by atoms with E-state index in [0.29, 0.717) is 10.9 Å². The molecule has 0 aliphatic heterocycles. The summed E-state index contributed by atoms with van der Waals surface area (Å²) in [5, 5.41) is 13.8. The number of hydrogen-bond acceptors (Lipinski definition) is 2. The van der Waals surface area contributed by atoms with Crippen molar-refractivity contribution in [2.24, 2.45) is 11.8 Å². The number of benzene rings is 1. The van der Waals surface area contributed by atoms with Crippen LogP contribution < -0.4 is 5.32 Å². The van der Waals surface area contributed by atoms with Crippen molar-refractivity contribution in [2.75, 3.05) is 5.32 Å². The van der Waals surface area contributed by atoms with Gasteiger partial charge in [0.1, 0.15) is 5.54 Å². The van der Waals surface area contributed by atoms with Crippen LogP contribution in [0.2, 0.25) is 5.02 Å². The third kappa shape index (κ3) is 3.46. The van der Waals surface area contributed by atoms with Gasteiger partial charge in [0.25, 0.3) is 0 Å². The Morgan fingerprint density at radius 2 is 2.05 bits per heavy atom. The molecule has 0 bridgehead atoms.